The number of nitrogens with zero attached hydrogens (tertiary/aromatic N) is 5. The summed E-state index contributed by atoms with van der Waals surface area (Å²) >= 11 is 6.33. The molecule has 8 nitrogen and oxygen atoms in total. The van der Waals surface area contributed by atoms with Crippen molar-refractivity contribution in [3.63, 3.8) is 0 Å². The molecule has 2 fully saturated rings. The van der Waals surface area contributed by atoms with Crippen molar-refractivity contribution in [2.24, 2.45) is 18.9 Å². The molecule has 0 spiro atoms. The van der Waals surface area contributed by atoms with Gasteiger partial charge in [-0.3, -0.25) is 9.48 Å². The van der Waals surface area contributed by atoms with Crippen molar-refractivity contribution in [2.75, 3.05) is 23.7 Å². The highest BCUT2D eigenvalue weighted by Crippen LogP contribution is 2.40. The first-order valence-corrected chi connectivity index (χ1v) is 10.1. The summed E-state index contributed by atoms with van der Waals surface area (Å²) in [6.45, 7) is 5.61. The summed E-state index contributed by atoms with van der Waals surface area (Å²) in [5, 5.41) is 11.5. The molecule has 0 bridgehead atoms. The number of halogens is 1. The van der Waals surface area contributed by atoms with Crippen LogP contribution in [0.1, 0.15) is 31.9 Å². The van der Waals surface area contributed by atoms with Crippen LogP contribution in [0.2, 0.25) is 5.02 Å². The summed E-state index contributed by atoms with van der Waals surface area (Å²) in [4.78, 5) is 22.8. The molecule has 1 saturated heterocycles. The number of carbonyl (C=O) groups excluding carboxylic acids is 1. The lowest BCUT2D eigenvalue weighted by molar-refractivity contribution is -0.130. The van der Waals surface area contributed by atoms with Gasteiger partial charge in [0, 0.05) is 38.8 Å². The number of rotatable bonds is 5. The molecule has 0 radical (unpaired) electrons. The fourth-order valence-electron chi connectivity index (χ4n) is 4.41. The van der Waals surface area contributed by atoms with Gasteiger partial charge in [0.1, 0.15) is 5.02 Å². The van der Waals surface area contributed by atoms with Crippen molar-refractivity contribution in [3.05, 3.63) is 23.1 Å². The Morgan fingerprint density at radius 2 is 2.04 bits per heavy atom. The summed E-state index contributed by atoms with van der Waals surface area (Å²) in [5.74, 6) is 2.51. The van der Waals surface area contributed by atoms with Crippen LogP contribution < -0.4 is 10.6 Å². The standard InChI is InChI=1S/C19H26ClN7O/c1-4-17(28)27-8-12-5-14(6-13(12)9-27)22-18-15(20)7-21-19(24-18)23-16-10-26(3)25-11(16)2/h7,10,12-14H,4-6,8-9H2,1-3H3,(H2,21,22,23,24). The zero-order valence-electron chi connectivity index (χ0n) is 16.4. The Bertz CT molecular complexity index is 869. The maximum absolute atomic E-state index is 11.9. The summed E-state index contributed by atoms with van der Waals surface area (Å²) < 4.78 is 1.75. The van der Waals surface area contributed by atoms with Gasteiger partial charge in [-0.15, -0.1) is 0 Å². The van der Waals surface area contributed by atoms with Crippen LogP contribution >= 0.6 is 11.6 Å². The Kier molecular flexibility index (Phi) is 5.14. The van der Waals surface area contributed by atoms with Gasteiger partial charge < -0.3 is 15.5 Å². The second kappa shape index (κ2) is 7.58. The third kappa shape index (κ3) is 3.78. The second-order valence-electron chi connectivity index (χ2n) is 7.80. The van der Waals surface area contributed by atoms with Crippen LogP contribution in [0, 0.1) is 18.8 Å². The van der Waals surface area contributed by atoms with E-state index in [1.165, 1.54) is 0 Å². The van der Waals surface area contributed by atoms with E-state index in [9.17, 15) is 4.79 Å². The Balaban J connectivity index is 1.41. The minimum Gasteiger partial charge on any atom is -0.366 e. The lowest BCUT2D eigenvalue weighted by atomic mass is 10.0. The summed E-state index contributed by atoms with van der Waals surface area (Å²) in [6.07, 6.45) is 6.15. The maximum atomic E-state index is 11.9. The van der Waals surface area contributed by atoms with E-state index in [0.717, 1.165) is 37.3 Å². The van der Waals surface area contributed by atoms with E-state index < -0.39 is 0 Å². The highest BCUT2D eigenvalue weighted by Gasteiger charge is 2.42. The molecular weight excluding hydrogens is 378 g/mol. The highest BCUT2D eigenvalue weighted by atomic mass is 35.5. The van der Waals surface area contributed by atoms with E-state index >= 15 is 0 Å². The minimum absolute atomic E-state index is 0.263. The smallest absolute Gasteiger partial charge is 0.229 e. The Morgan fingerprint density at radius 1 is 1.32 bits per heavy atom. The zero-order chi connectivity index (χ0) is 19.8. The fourth-order valence-corrected chi connectivity index (χ4v) is 4.56. The lowest BCUT2D eigenvalue weighted by Crippen LogP contribution is -2.30. The maximum Gasteiger partial charge on any atom is 0.229 e. The van der Waals surface area contributed by atoms with Gasteiger partial charge in [0.05, 0.1) is 17.6 Å². The summed E-state index contributed by atoms with van der Waals surface area (Å²) in [6, 6.07) is 0.314. The largest absolute Gasteiger partial charge is 0.366 e. The molecule has 9 heteroatoms. The minimum atomic E-state index is 0.263. The predicted molar refractivity (Wildman–Crippen MR) is 109 cm³/mol. The molecular formula is C19H26ClN7O. The zero-order valence-corrected chi connectivity index (χ0v) is 17.2. The summed E-state index contributed by atoms with van der Waals surface area (Å²) in [5.41, 5.74) is 1.75. The lowest BCUT2D eigenvalue weighted by Gasteiger charge is -2.20. The van der Waals surface area contributed by atoms with E-state index in [-0.39, 0.29) is 5.91 Å². The van der Waals surface area contributed by atoms with Crippen molar-refractivity contribution < 1.29 is 4.79 Å². The number of amides is 1. The topological polar surface area (TPSA) is 88.0 Å². The fraction of sp³-hybridized carbons (Fsp3) is 0.579. The van der Waals surface area contributed by atoms with E-state index in [0.29, 0.717) is 41.1 Å². The van der Waals surface area contributed by atoms with Crippen LogP contribution in [0.25, 0.3) is 0 Å². The normalized spacial score (nSPS) is 23.7. The first-order valence-electron chi connectivity index (χ1n) is 9.77. The number of hydrogen-bond acceptors (Lipinski definition) is 6. The van der Waals surface area contributed by atoms with Crippen LogP contribution in [-0.2, 0) is 11.8 Å². The van der Waals surface area contributed by atoms with Crippen molar-refractivity contribution in [3.8, 4) is 0 Å². The molecule has 2 atom stereocenters. The van der Waals surface area contributed by atoms with Gasteiger partial charge in [-0.25, -0.2) is 4.98 Å². The molecule has 1 amide bonds. The van der Waals surface area contributed by atoms with Gasteiger partial charge in [0.2, 0.25) is 11.9 Å². The summed E-state index contributed by atoms with van der Waals surface area (Å²) in [7, 11) is 1.88. The number of nitrogens with one attached hydrogen (secondary N) is 2. The number of aromatic nitrogens is 4. The second-order valence-corrected chi connectivity index (χ2v) is 8.21. The number of hydrogen-bond donors (Lipinski definition) is 2. The average Bonchev–Trinajstić information content (AvgIpc) is 3.30. The molecule has 3 heterocycles. The SMILES string of the molecule is CCC(=O)N1CC2CC(Nc3nc(Nc4cn(C)nc4C)ncc3Cl)CC2C1. The Morgan fingerprint density at radius 3 is 2.64 bits per heavy atom. The number of anilines is 3. The van der Waals surface area contributed by atoms with Crippen molar-refractivity contribution >= 4 is 35.0 Å². The first kappa shape index (κ1) is 19.0. The number of likely N-dealkylation sites (tertiary alicyclic amines) is 1. The van der Waals surface area contributed by atoms with Gasteiger partial charge in [-0.2, -0.15) is 10.1 Å². The molecule has 4 rings (SSSR count). The van der Waals surface area contributed by atoms with E-state index in [1.54, 1.807) is 10.9 Å². The average molecular weight is 404 g/mol. The third-order valence-electron chi connectivity index (χ3n) is 5.75. The van der Waals surface area contributed by atoms with Crippen LogP contribution in [0.3, 0.4) is 0 Å². The van der Waals surface area contributed by atoms with Gasteiger partial charge in [0.25, 0.3) is 0 Å². The molecule has 0 aromatic carbocycles. The van der Waals surface area contributed by atoms with Crippen LogP contribution in [0.5, 0.6) is 0 Å². The van der Waals surface area contributed by atoms with Crippen molar-refractivity contribution in [1.82, 2.24) is 24.6 Å². The monoisotopic (exact) mass is 403 g/mol. The van der Waals surface area contributed by atoms with Crippen LogP contribution in [-0.4, -0.2) is 49.7 Å². The van der Waals surface area contributed by atoms with Crippen LogP contribution in [0.15, 0.2) is 12.4 Å². The molecule has 28 heavy (non-hydrogen) atoms. The number of carbonyl (C=O) groups is 1. The molecule has 2 aliphatic rings. The van der Waals surface area contributed by atoms with Gasteiger partial charge in [-0.1, -0.05) is 18.5 Å². The molecule has 2 unspecified atom stereocenters. The predicted octanol–water partition coefficient (Wildman–Crippen LogP) is 2.97. The van der Waals surface area contributed by atoms with E-state index in [2.05, 4.69) is 25.7 Å². The third-order valence-corrected chi connectivity index (χ3v) is 6.03. The Labute approximate surface area is 169 Å². The molecule has 1 aliphatic carbocycles. The van der Waals surface area contributed by atoms with Gasteiger partial charge in [0.15, 0.2) is 5.82 Å². The number of aryl methyl sites for hydroxylation is 2. The van der Waals surface area contributed by atoms with E-state index in [1.807, 2.05) is 32.0 Å². The molecule has 150 valence electrons. The number of fused-ring (bicyclic) bond motifs is 1. The first-order chi connectivity index (χ1) is 13.4. The molecule has 1 aliphatic heterocycles. The van der Waals surface area contributed by atoms with Gasteiger partial charge in [-0.05, 0) is 31.6 Å². The van der Waals surface area contributed by atoms with Gasteiger partial charge >= 0.3 is 0 Å². The van der Waals surface area contributed by atoms with Crippen LogP contribution in [0.4, 0.5) is 17.5 Å². The molecule has 1 saturated carbocycles. The van der Waals surface area contributed by atoms with E-state index in [4.69, 9.17) is 11.6 Å². The molecule has 2 aromatic heterocycles. The molecule has 2 N–H and O–H groups in total. The molecule has 2 aromatic rings. The highest BCUT2D eigenvalue weighted by molar-refractivity contribution is 6.32. The van der Waals surface area contributed by atoms with Crippen molar-refractivity contribution in [1.29, 1.82) is 0 Å². The quantitative estimate of drug-likeness (QED) is 0.797. The Hall–Kier alpha value is -2.35. The van der Waals surface area contributed by atoms with Crippen molar-refractivity contribution in [2.45, 2.75) is 39.2 Å².